The first-order valence-electron chi connectivity index (χ1n) is 9.25. The largest absolute Gasteiger partial charge is 0.298 e. The molecule has 0 spiro atoms. The molecule has 0 saturated heterocycles. The highest BCUT2D eigenvalue weighted by atomic mass is 15.3. The lowest BCUT2D eigenvalue weighted by molar-refractivity contribution is 0.926. The van der Waals surface area contributed by atoms with Crippen LogP contribution < -0.4 is 0 Å². The number of hydrogen-bond acceptors (Lipinski definition) is 4. The van der Waals surface area contributed by atoms with E-state index in [0.717, 1.165) is 39.2 Å². The lowest BCUT2D eigenvalue weighted by atomic mass is 10.1. The van der Waals surface area contributed by atoms with Gasteiger partial charge >= 0.3 is 0 Å². The van der Waals surface area contributed by atoms with Crippen molar-refractivity contribution in [1.29, 1.82) is 0 Å². The van der Waals surface area contributed by atoms with Gasteiger partial charge in [0.15, 0.2) is 17.1 Å². The van der Waals surface area contributed by atoms with Gasteiger partial charge in [0.2, 0.25) is 0 Å². The van der Waals surface area contributed by atoms with E-state index in [1.165, 1.54) is 11.1 Å². The van der Waals surface area contributed by atoms with Gasteiger partial charge in [-0.05, 0) is 68.7 Å². The molecule has 5 rings (SSSR count). The third-order valence-corrected chi connectivity index (χ3v) is 5.50. The summed E-state index contributed by atoms with van der Waals surface area (Å²) in [6.07, 6.45) is 5.26. The van der Waals surface area contributed by atoms with Crippen molar-refractivity contribution in [1.82, 2.24) is 29.1 Å². The van der Waals surface area contributed by atoms with Crippen LogP contribution in [-0.4, -0.2) is 29.1 Å². The molecular formula is C22H20N6. The van der Waals surface area contributed by atoms with Gasteiger partial charge in [-0.25, -0.2) is 14.5 Å². The number of pyridine rings is 1. The molecule has 4 heterocycles. The van der Waals surface area contributed by atoms with Gasteiger partial charge in [-0.15, -0.1) is 5.10 Å². The van der Waals surface area contributed by atoms with Crippen molar-refractivity contribution < 1.29 is 0 Å². The summed E-state index contributed by atoms with van der Waals surface area (Å²) in [5.74, 6) is 0.651. The van der Waals surface area contributed by atoms with Crippen molar-refractivity contribution in [2.75, 3.05) is 0 Å². The van der Waals surface area contributed by atoms with Crippen LogP contribution in [0.3, 0.4) is 0 Å². The number of aromatic nitrogens is 6. The summed E-state index contributed by atoms with van der Waals surface area (Å²) in [6, 6.07) is 10.4. The molecule has 6 nitrogen and oxygen atoms in total. The first-order valence-corrected chi connectivity index (χ1v) is 9.25. The molecule has 5 aromatic rings. The van der Waals surface area contributed by atoms with E-state index in [2.05, 4.69) is 60.5 Å². The molecule has 28 heavy (non-hydrogen) atoms. The van der Waals surface area contributed by atoms with E-state index in [1.807, 2.05) is 12.1 Å². The maximum atomic E-state index is 4.81. The minimum atomic E-state index is 0.651. The fourth-order valence-corrected chi connectivity index (χ4v) is 3.66. The van der Waals surface area contributed by atoms with Crippen LogP contribution in [0.5, 0.6) is 0 Å². The van der Waals surface area contributed by atoms with Gasteiger partial charge in [0.1, 0.15) is 6.33 Å². The Hall–Kier alpha value is -3.54. The van der Waals surface area contributed by atoms with Crippen molar-refractivity contribution in [3.8, 4) is 17.1 Å². The van der Waals surface area contributed by atoms with E-state index >= 15 is 0 Å². The zero-order chi connectivity index (χ0) is 19.4. The molecule has 0 amide bonds. The summed E-state index contributed by atoms with van der Waals surface area (Å²) in [7, 11) is 0. The van der Waals surface area contributed by atoms with E-state index in [9.17, 15) is 0 Å². The molecule has 0 unspecified atom stereocenters. The maximum absolute atomic E-state index is 4.81. The van der Waals surface area contributed by atoms with Crippen LogP contribution in [0.2, 0.25) is 0 Å². The van der Waals surface area contributed by atoms with Crippen LogP contribution in [0.1, 0.15) is 22.4 Å². The van der Waals surface area contributed by atoms with Gasteiger partial charge in [-0.2, -0.15) is 0 Å². The Labute approximate surface area is 162 Å². The average Bonchev–Trinajstić information content (AvgIpc) is 3.24. The average molecular weight is 368 g/mol. The molecular weight excluding hydrogens is 348 g/mol. The van der Waals surface area contributed by atoms with Gasteiger partial charge < -0.3 is 0 Å². The zero-order valence-corrected chi connectivity index (χ0v) is 16.3. The third-order valence-electron chi connectivity index (χ3n) is 5.50. The number of nitrogens with zero attached hydrogens (tertiary/aromatic N) is 6. The van der Waals surface area contributed by atoms with E-state index in [0.29, 0.717) is 5.82 Å². The van der Waals surface area contributed by atoms with Crippen LogP contribution in [0.25, 0.3) is 33.8 Å². The van der Waals surface area contributed by atoms with E-state index < -0.39 is 0 Å². The Balaban J connectivity index is 1.80. The second-order valence-corrected chi connectivity index (χ2v) is 7.20. The fourth-order valence-electron chi connectivity index (χ4n) is 3.66. The predicted octanol–water partition coefficient (Wildman–Crippen LogP) is 4.36. The van der Waals surface area contributed by atoms with E-state index in [4.69, 9.17) is 9.97 Å². The van der Waals surface area contributed by atoms with Crippen LogP contribution in [0, 0.1) is 27.7 Å². The van der Waals surface area contributed by atoms with E-state index in [-0.39, 0.29) is 0 Å². The SMILES string of the molecule is Cc1ccc(-n2c(C)c(C)c3c2ncn2nc(-c4cccnc4)nc32)cc1C. The quantitative estimate of drug-likeness (QED) is 0.464. The highest BCUT2D eigenvalue weighted by molar-refractivity contribution is 5.95. The second kappa shape index (κ2) is 5.99. The molecule has 6 heteroatoms. The van der Waals surface area contributed by atoms with E-state index in [1.54, 1.807) is 23.2 Å². The maximum Gasteiger partial charge on any atom is 0.183 e. The Morgan fingerprint density at radius 3 is 2.54 bits per heavy atom. The van der Waals surface area contributed by atoms with Gasteiger partial charge in [0, 0.05) is 29.3 Å². The molecule has 0 saturated carbocycles. The fraction of sp³-hybridized carbons (Fsp3) is 0.182. The van der Waals surface area contributed by atoms with Gasteiger partial charge in [0.05, 0.1) is 5.39 Å². The minimum Gasteiger partial charge on any atom is -0.298 e. The van der Waals surface area contributed by atoms with Gasteiger partial charge in [-0.1, -0.05) is 6.07 Å². The number of aryl methyl sites for hydroxylation is 3. The molecule has 0 N–H and O–H groups in total. The molecule has 0 atom stereocenters. The number of fused-ring (bicyclic) bond motifs is 3. The molecule has 0 aliphatic heterocycles. The Morgan fingerprint density at radius 1 is 0.929 bits per heavy atom. The predicted molar refractivity (Wildman–Crippen MR) is 110 cm³/mol. The number of benzene rings is 1. The normalized spacial score (nSPS) is 11.6. The lowest BCUT2D eigenvalue weighted by Crippen LogP contribution is -2.00. The highest BCUT2D eigenvalue weighted by Crippen LogP contribution is 2.31. The summed E-state index contributed by atoms with van der Waals surface area (Å²) < 4.78 is 3.96. The summed E-state index contributed by atoms with van der Waals surface area (Å²) in [6.45, 7) is 8.51. The Kier molecular flexibility index (Phi) is 3.55. The van der Waals surface area contributed by atoms with Crippen molar-refractivity contribution in [2.24, 2.45) is 0 Å². The van der Waals surface area contributed by atoms with Crippen molar-refractivity contribution in [3.05, 3.63) is 71.4 Å². The minimum absolute atomic E-state index is 0.651. The van der Waals surface area contributed by atoms with Crippen molar-refractivity contribution in [3.63, 3.8) is 0 Å². The summed E-state index contributed by atoms with van der Waals surface area (Å²) in [4.78, 5) is 13.7. The molecule has 0 radical (unpaired) electrons. The number of rotatable bonds is 2. The summed E-state index contributed by atoms with van der Waals surface area (Å²) >= 11 is 0. The third kappa shape index (κ3) is 2.34. The van der Waals surface area contributed by atoms with Gasteiger partial charge in [-0.3, -0.25) is 9.55 Å². The summed E-state index contributed by atoms with van der Waals surface area (Å²) in [5, 5.41) is 5.63. The smallest absolute Gasteiger partial charge is 0.183 e. The second-order valence-electron chi connectivity index (χ2n) is 7.20. The monoisotopic (exact) mass is 368 g/mol. The molecule has 4 aromatic heterocycles. The van der Waals surface area contributed by atoms with Crippen molar-refractivity contribution >= 4 is 16.7 Å². The topological polar surface area (TPSA) is 60.9 Å². The lowest BCUT2D eigenvalue weighted by Gasteiger charge is -2.10. The van der Waals surface area contributed by atoms with Crippen LogP contribution in [0.15, 0.2) is 49.1 Å². The molecule has 0 bridgehead atoms. The molecule has 0 aliphatic rings. The first kappa shape index (κ1) is 16.6. The van der Waals surface area contributed by atoms with Crippen LogP contribution in [-0.2, 0) is 0 Å². The number of hydrogen-bond donors (Lipinski definition) is 0. The standard InChI is InChI=1S/C22H20N6/c1-13-7-8-18(10-14(13)2)28-16(4)15(3)19-21(28)24-12-27-22(19)25-20(26-27)17-6-5-9-23-11-17/h5-12H,1-4H3. The first-order chi connectivity index (χ1) is 13.5. The van der Waals surface area contributed by atoms with Crippen LogP contribution in [0.4, 0.5) is 0 Å². The van der Waals surface area contributed by atoms with Crippen molar-refractivity contribution in [2.45, 2.75) is 27.7 Å². The molecule has 0 fully saturated rings. The van der Waals surface area contributed by atoms with Gasteiger partial charge in [0.25, 0.3) is 0 Å². The molecule has 138 valence electrons. The molecule has 0 aliphatic carbocycles. The molecule has 1 aromatic carbocycles. The highest BCUT2D eigenvalue weighted by Gasteiger charge is 2.19. The van der Waals surface area contributed by atoms with Crippen LogP contribution >= 0.6 is 0 Å². The Bertz CT molecular complexity index is 1340. The zero-order valence-electron chi connectivity index (χ0n) is 16.3. The Morgan fingerprint density at radius 2 is 1.79 bits per heavy atom. The summed E-state index contributed by atoms with van der Waals surface area (Å²) in [5.41, 5.74) is 8.58.